The van der Waals surface area contributed by atoms with E-state index in [4.69, 9.17) is 18.8 Å². The molecular formula is C19H30BNO4. The van der Waals surface area contributed by atoms with Crippen LogP contribution in [-0.2, 0) is 14.0 Å². The fraction of sp³-hybridized carbons (Fsp3) is 0.737. The van der Waals surface area contributed by atoms with Gasteiger partial charge in [-0.05, 0) is 54.5 Å². The molecule has 3 rings (SSSR count). The third kappa shape index (κ3) is 3.86. The Morgan fingerprint density at radius 1 is 1.04 bits per heavy atom. The summed E-state index contributed by atoms with van der Waals surface area (Å²) in [7, 11) is -0.394. The lowest BCUT2D eigenvalue weighted by molar-refractivity contribution is -0.0729. The number of hydrogen-bond donors (Lipinski definition) is 0. The molecule has 2 saturated heterocycles. The Balaban J connectivity index is 1.72. The van der Waals surface area contributed by atoms with Crippen LogP contribution < -0.4 is 10.2 Å². The van der Waals surface area contributed by atoms with Gasteiger partial charge in [-0.15, -0.1) is 0 Å². The zero-order valence-corrected chi connectivity index (χ0v) is 16.5. The zero-order valence-electron chi connectivity index (χ0n) is 16.5. The molecule has 3 heterocycles. The summed E-state index contributed by atoms with van der Waals surface area (Å²) in [6, 6.07) is 3.92. The van der Waals surface area contributed by atoms with Gasteiger partial charge in [0, 0.05) is 24.0 Å². The Labute approximate surface area is 151 Å². The van der Waals surface area contributed by atoms with Gasteiger partial charge in [0.2, 0.25) is 5.88 Å². The Morgan fingerprint density at radius 3 is 2.12 bits per heavy atom. The second kappa shape index (κ2) is 6.56. The van der Waals surface area contributed by atoms with Crippen LogP contribution in [0.3, 0.4) is 0 Å². The van der Waals surface area contributed by atoms with Crippen molar-refractivity contribution in [3.05, 3.63) is 17.8 Å². The highest BCUT2D eigenvalue weighted by Crippen LogP contribution is 2.36. The average Bonchev–Trinajstić information content (AvgIpc) is 2.66. The van der Waals surface area contributed by atoms with Crippen molar-refractivity contribution in [2.75, 3.05) is 0 Å². The molecule has 5 nitrogen and oxygen atoms in total. The summed E-state index contributed by atoms with van der Waals surface area (Å²) in [6.07, 6.45) is 2.37. The minimum atomic E-state index is -0.394. The summed E-state index contributed by atoms with van der Waals surface area (Å²) >= 11 is 0. The Kier molecular flexibility index (Phi) is 4.90. The van der Waals surface area contributed by atoms with Gasteiger partial charge in [0.15, 0.2) is 0 Å². The second-order valence-corrected chi connectivity index (χ2v) is 8.38. The maximum Gasteiger partial charge on any atom is 0.496 e. The summed E-state index contributed by atoms with van der Waals surface area (Å²) in [5.41, 5.74) is 1.13. The first kappa shape index (κ1) is 18.7. The second-order valence-electron chi connectivity index (χ2n) is 8.38. The van der Waals surface area contributed by atoms with Gasteiger partial charge >= 0.3 is 7.12 Å². The van der Waals surface area contributed by atoms with Crippen molar-refractivity contribution in [3.63, 3.8) is 0 Å². The van der Waals surface area contributed by atoms with Gasteiger partial charge in [0.25, 0.3) is 0 Å². The first-order valence-corrected chi connectivity index (χ1v) is 9.23. The molecule has 1 aromatic heterocycles. The van der Waals surface area contributed by atoms with Crippen LogP contribution >= 0.6 is 0 Å². The van der Waals surface area contributed by atoms with Gasteiger partial charge in [0.05, 0.1) is 23.4 Å². The van der Waals surface area contributed by atoms with E-state index >= 15 is 0 Å². The highest BCUT2D eigenvalue weighted by molar-refractivity contribution is 6.62. The molecule has 0 saturated carbocycles. The number of aryl methyl sites for hydroxylation is 1. The summed E-state index contributed by atoms with van der Waals surface area (Å²) in [6.45, 7) is 14.4. The topological polar surface area (TPSA) is 49.8 Å². The maximum atomic E-state index is 6.13. The fourth-order valence-corrected chi connectivity index (χ4v) is 3.44. The van der Waals surface area contributed by atoms with Crippen LogP contribution in [-0.4, -0.2) is 41.6 Å². The van der Waals surface area contributed by atoms with E-state index in [1.54, 1.807) is 0 Å². The highest BCUT2D eigenvalue weighted by atomic mass is 16.7. The molecule has 138 valence electrons. The SMILES string of the molecule is Cc1nc(OC2C[C@@H](C)O[C@@H](C)C2)ccc1B1OC(C)(C)C(C)(C)O1. The minimum Gasteiger partial charge on any atom is -0.474 e. The number of pyridine rings is 1. The van der Waals surface area contributed by atoms with Gasteiger partial charge in [-0.25, -0.2) is 4.98 Å². The van der Waals surface area contributed by atoms with Crippen molar-refractivity contribution in [2.45, 2.75) is 90.8 Å². The molecule has 0 spiro atoms. The van der Waals surface area contributed by atoms with E-state index in [2.05, 4.69) is 46.5 Å². The van der Waals surface area contributed by atoms with Crippen LogP contribution in [0.4, 0.5) is 0 Å². The summed E-state index contributed by atoms with van der Waals surface area (Å²) in [4.78, 5) is 4.63. The van der Waals surface area contributed by atoms with Gasteiger partial charge in [-0.3, -0.25) is 0 Å². The zero-order chi connectivity index (χ0) is 18.4. The lowest BCUT2D eigenvalue weighted by Crippen LogP contribution is -2.41. The van der Waals surface area contributed by atoms with Crippen LogP contribution in [0.2, 0.25) is 0 Å². The molecular weight excluding hydrogens is 317 g/mol. The van der Waals surface area contributed by atoms with Gasteiger partial charge in [-0.1, -0.05) is 6.07 Å². The minimum absolute atomic E-state index is 0.147. The van der Waals surface area contributed by atoms with Crippen molar-refractivity contribution >= 4 is 12.6 Å². The molecule has 6 heteroatoms. The number of nitrogens with zero attached hydrogens (tertiary/aromatic N) is 1. The molecule has 0 aromatic carbocycles. The predicted octanol–water partition coefficient (Wildman–Crippen LogP) is 3.02. The van der Waals surface area contributed by atoms with E-state index in [0.29, 0.717) is 5.88 Å². The Bertz CT molecular complexity index is 608. The molecule has 2 fully saturated rings. The molecule has 2 aliphatic rings. The highest BCUT2D eigenvalue weighted by Gasteiger charge is 2.52. The van der Waals surface area contributed by atoms with Gasteiger partial charge in [0.1, 0.15) is 6.10 Å². The normalized spacial score (nSPS) is 31.2. The van der Waals surface area contributed by atoms with Crippen molar-refractivity contribution in [1.82, 2.24) is 4.98 Å². The van der Waals surface area contributed by atoms with E-state index in [0.717, 1.165) is 24.0 Å². The van der Waals surface area contributed by atoms with E-state index in [9.17, 15) is 0 Å². The average molecular weight is 347 g/mol. The third-order valence-electron chi connectivity index (χ3n) is 5.55. The van der Waals surface area contributed by atoms with Crippen molar-refractivity contribution in [3.8, 4) is 5.88 Å². The molecule has 0 bridgehead atoms. The third-order valence-corrected chi connectivity index (χ3v) is 5.55. The molecule has 25 heavy (non-hydrogen) atoms. The number of ether oxygens (including phenoxy) is 2. The quantitative estimate of drug-likeness (QED) is 0.787. The van der Waals surface area contributed by atoms with Crippen LogP contribution in [0, 0.1) is 6.92 Å². The predicted molar refractivity (Wildman–Crippen MR) is 98.3 cm³/mol. The maximum absolute atomic E-state index is 6.13. The van der Waals surface area contributed by atoms with E-state index in [-0.39, 0.29) is 29.5 Å². The Morgan fingerprint density at radius 2 is 1.60 bits per heavy atom. The van der Waals surface area contributed by atoms with E-state index < -0.39 is 7.12 Å². The molecule has 0 aliphatic carbocycles. The summed E-state index contributed by atoms with van der Waals surface area (Å²) < 4.78 is 24.1. The fourth-order valence-electron chi connectivity index (χ4n) is 3.44. The van der Waals surface area contributed by atoms with Crippen LogP contribution in [0.25, 0.3) is 0 Å². The molecule has 1 unspecified atom stereocenters. The van der Waals surface area contributed by atoms with Crippen LogP contribution in [0.15, 0.2) is 12.1 Å². The Hall–Kier alpha value is -1.11. The standard InChI is InChI=1S/C19H30BNO4/c1-12-10-15(11-13(2)22-12)23-17-9-8-16(14(3)21-17)20-24-18(4,5)19(6,7)25-20/h8-9,12-13,15H,10-11H2,1-7H3/t12-,13+,15?. The molecule has 1 aromatic rings. The first-order valence-electron chi connectivity index (χ1n) is 9.23. The molecule has 0 N–H and O–H groups in total. The molecule has 2 aliphatic heterocycles. The monoisotopic (exact) mass is 347 g/mol. The number of aromatic nitrogens is 1. The van der Waals surface area contributed by atoms with Gasteiger partial charge in [-0.2, -0.15) is 0 Å². The molecule has 0 radical (unpaired) electrons. The van der Waals surface area contributed by atoms with Crippen molar-refractivity contribution in [2.24, 2.45) is 0 Å². The smallest absolute Gasteiger partial charge is 0.474 e. The van der Waals surface area contributed by atoms with Crippen molar-refractivity contribution < 1.29 is 18.8 Å². The van der Waals surface area contributed by atoms with Gasteiger partial charge < -0.3 is 18.8 Å². The molecule has 3 atom stereocenters. The van der Waals surface area contributed by atoms with E-state index in [1.165, 1.54) is 0 Å². The lowest BCUT2D eigenvalue weighted by Gasteiger charge is -2.32. The lowest BCUT2D eigenvalue weighted by atomic mass is 9.78. The van der Waals surface area contributed by atoms with Crippen LogP contribution in [0.5, 0.6) is 5.88 Å². The van der Waals surface area contributed by atoms with E-state index in [1.807, 2.05) is 19.1 Å². The molecule has 0 amide bonds. The largest absolute Gasteiger partial charge is 0.496 e. The number of hydrogen-bond acceptors (Lipinski definition) is 5. The number of rotatable bonds is 3. The van der Waals surface area contributed by atoms with Crippen LogP contribution in [0.1, 0.15) is 60.1 Å². The van der Waals surface area contributed by atoms with Crippen molar-refractivity contribution in [1.29, 1.82) is 0 Å². The summed E-state index contributed by atoms with van der Waals surface area (Å²) in [5, 5.41) is 0. The summed E-state index contributed by atoms with van der Waals surface area (Å²) in [5.74, 6) is 0.657. The first-order chi connectivity index (χ1) is 11.6.